The molecule has 1 N–H and O–H groups in total. The Hall–Kier alpha value is -1.81. The van der Waals surface area contributed by atoms with Gasteiger partial charge in [0, 0.05) is 16.6 Å². The molecule has 2 aromatic rings. The third-order valence-corrected chi connectivity index (χ3v) is 8.24. The normalized spacial score (nSPS) is 22.6. The second-order valence-corrected chi connectivity index (χ2v) is 10.4. The Morgan fingerprint density at radius 3 is 2.23 bits per heavy atom. The highest BCUT2D eigenvalue weighted by atomic mass is 32.1. The topological polar surface area (TPSA) is 32.3 Å². The lowest BCUT2D eigenvalue weighted by molar-refractivity contribution is 0.121. The van der Waals surface area contributed by atoms with Gasteiger partial charge in [-0.15, -0.1) is 11.3 Å². The lowest BCUT2D eigenvalue weighted by atomic mass is 9.72. The fourth-order valence-electron chi connectivity index (χ4n) is 5.62. The maximum absolute atomic E-state index is 13.4. The summed E-state index contributed by atoms with van der Waals surface area (Å²) >= 11 is 1.75. The van der Waals surface area contributed by atoms with Crippen LogP contribution in [0.25, 0.3) is 0 Å². The molecule has 0 atom stereocenters. The minimum Gasteiger partial charge on any atom is -0.316 e. The van der Waals surface area contributed by atoms with Crippen molar-refractivity contribution in [1.82, 2.24) is 4.90 Å². The quantitative estimate of drug-likeness (QED) is 0.528. The molecule has 2 fully saturated rings. The van der Waals surface area contributed by atoms with Gasteiger partial charge in [-0.1, -0.05) is 56.4 Å². The fourth-order valence-corrected chi connectivity index (χ4v) is 6.32. The molecule has 0 aliphatic heterocycles. The van der Waals surface area contributed by atoms with Gasteiger partial charge < -0.3 is 10.2 Å². The number of carbonyl (C=O) groups is 1. The summed E-state index contributed by atoms with van der Waals surface area (Å²) in [6.45, 7) is 4.86. The second-order valence-electron chi connectivity index (χ2n) is 9.37. The van der Waals surface area contributed by atoms with Crippen LogP contribution in [0.3, 0.4) is 0 Å². The lowest BCUT2D eigenvalue weighted by Crippen LogP contribution is -2.44. The Kier molecular flexibility index (Phi) is 7.14. The minimum absolute atomic E-state index is 0.0573. The highest BCUT2D eigenvalue weighted by Gasteiger charge is 2.33. The van der Waals surface area contributed by atoms with Crippen molar-refractivity contribution in [1.29, 1.82) is 0 Å². The van der Waals surface area contributed by atoms with E-state index < -0.39 is 0 Å². The van der Waals surface area contributed by atoms with E-state index in [9.17, 15) is 4.79 Å². The molecule has 3 nitrogen and oxygen atoms in total. The Balaban J connectivity index is 1.45. The minimum atomic E-state index is 0.0573. The van der Waals surface area contributed by atoms with Gasteiger partial charge in [0.25, 0.3) is 0 Å². The van der Waals surface area contributed by atoms with E-state index in [1.165, 1.54) is 49.8 Å². The number of rotatable bonds is 5. The highest BCUT2D eigenvalue weighted by Crippen LogP contribution is 2.39. The van der Waals surface area contributed by atoms with Crippen LogP contribution in [0.15, 0.2) is 35.7 Å². The molecule has 0 bridgehead atoms. The van der Waals surface area contributed by atoms with E-state index in [1.54, 1.807) is 11.3 Å². The summed E-state index contributed by atoms with van der Waals surface area (Å²) < 4.78 is 0. The molecule has 0 spiro atoms. The first-order chi connectivity index (χ1) is 14.6. The van der Waals surface area contributed by atoms with E-state index in [1.807, 2.05) is 0 Å². The molecule has 1 heterocycles. The van der Waals surface area contributed by atoms with Gasteiger partial charge in [0.2, 0.25) is 0 Å². The average Bonchev–Trinajstić information content (AvgIpc) is 3.29. The Bertz CT molecular complexity index is 797. The van der Waals surface area contributed by atoms with Crippen molar-refractivity contribution < 1.29 is 4.79 Å². The zero-order valence-electron chi connectivity index (χ0n) is 18.5. The maximum atomic E-state index is 13.4. The monoisotopic (exact) mass is 424 g/mol. The summed E-state index contributed by atoms with van der Waals surface area (Å²) in [6.07, 6.45) is 12.0. The molecule has 1 aromatic carbocycles. The summed E-state index contributed by atoms with van der Waals surface area (Å²) in [5.74, 6) is 1.82. The van der Waals surface area contributed by atoms with Crippen molar-refractivity contribution in [2.75, 3.05) is 5.32 Å². The molecule has 0 saturated heterocycles. The molecule has 2 saturated carbocycles. The predicted octanol–water partition coefficient (Wildman–Crippen LogP) is 7.54. The SMILES string of the molecule is Cc1cccc(C)c1NC(=O)N(Cc1cccs1)C1CCC(C2CCCCC2)CC1. The molecule has 4 rings (SSSR count). The predicted molar refractivity (Wildman–Crippen MR) is 127 cm³/mol. The summed E-state index contributed by atoms with van der Waals surface area (Å²) in [5, 5.41) is 5.36. The van der Waals surface area contributed by atoms with E-state index in [0.29, 0.717) is 12.6 Å². The van der Waals surface area contributed by atoms with E-state index in [2.05, 4.69) is 59.8 Å². The molecule has 0 radical (unpaired) electrons. The largest absolute Gasteiger partial charge is 0.322 e. The zero-order valence-corrected chi connectivity index (χ0v) is 19.3. The third-order valence-electron chi connectivity index (χ3n) is 7.38. The van der Waals surface area contributed by atoms with Crippen molar-refractivity contribution in [2.45, 2.75) is 84.2 Å². The third kappa shape index (κ3) is 5.08. The number of nitrogens with one attached hydrogen (secondary N) is 1. The molecule has 1 aromatic heterocycles. The van der Waals surface area contributed by atoms with Gasteiger partial charge >= 0.3 is 6.03 Å². The van der Waals surface area contributed by atoms with Crippen molar-refractivity contribution in [3.05, 3.63) is 51.7 Å². The van der Waals surface area contributed by atoms with Crippen LogP contribution in [-0.4, -0.2) is 17.0 Å². The Morgan fingerprint density at radius 2 is 1.60 bits per heavy atom. The van der Waals surface area contributed by atoms with Crippen LogP contribution in [-0.2, 0) is 6.54 Å². The number of aryl methyl sites for hydroxylation is 2. The Labute approximate surface area is 185 Å². The molecule has 30 heavy (non-hydrogen) atoms. The van der Waals surface area contributed by atoms with Gasteiger partial charge in [-0.3, -0.25) is 0 Å². The number of carbonyl (C=O) groups excluding carboxylic acids is 1. The number of anilines is 1. The molecule has 0 unspecified atom stereocenters. The first kappa shape index (κ1) is 21.4. The number of benzene rings is 1. The van der Waals surface area contributed by atoms with E-state index in [4.69, 9.17) is 0 Å². The number of para-hydroxylation sites is 1. The first-order valence-corrected chi connectivity index (χ1v) is 12.7. The molecule has 2 aliphatic carbocycles. The van der Waals surface area contributed by atoms with Crippen LogP contribution < -0.4 is 5.32 Å². The number of hydrogen-bond acceptors (Lipinski definition) is 2. The van der Waals surface area contributed by atoms with Crippen LogP contribution in [0, 0.1) is 25.7 Å². The van der Waals surface area contributed by atoms with Gasteiger partial charge in [0.05, 0.1) is 6.54 Å². The van der Waals surface area contributed by atoms with E-state index in [-0.39, 0.29) is 6.03 Å². The number of urea groups is 1. The number of hydrogen-bond donors (Lipinski definition) is 1. The summed E-state index contributed by atoms with van der Waals surface area (Å²) in [5.41, 5.74) is 3.22. The summed E-state index contributed by atoms with van der Waals surface area (Å²) in [6, 6.07) is 10.8. The number of amides is 2. The van der Waals surface area contributed by atoms with Gasteiger partial charge in [-0.25, -0.2) is 4.79 Å². The molecule has 4 heteroatoms. The number of thiophene rings is 1. The smallest absolute Gasteiger partial charge is 0.316 e. The fraction of sp³-hybridized carbons (Fsp3) is 0.577. The van der Waals surface area contributed by atoms with Crippen LogP contribution in [0.4, 0.5) is 10.5 Å². The van der Waals surface area contributed by atoms with Gasteiger partial charge in [0.15, 0.2) is 0 Å². The molecule has 2 aliphatic rings. The first-order valence-electron chi connectivity index (χ1n) is 11.8. The van der Waals surface area contributed by atoms with Gasteiger partial charge in [0.1, 0.15) is 0 Å². The van der Waals surface area contributed by atoms with Crippen molar-refractivity contribution in [3.8, 4) is 0 Å². The zero-order chi connectivity index (χ0) is 20.9. The second kappa shape index (κ2) is 10.00. The van der Waals surface area contributed by atoms with Crippen molar-refractivity contribution >= 4 is 23.1 Å². The van der Waals surface area contributed by atoms with Crippen molar-refractivity contribution in [2.24, 2.45) is 11.8 Å². The summed E-state index contributed by atoms with van der Waals surface area (Å²) in [4.78, 5) is 16.8. The van der Waals surface area contributed by atoms with E-state index >= 15 is 0 Å². The van der Waals surface area contributed by atoms with Gasteiger partial charge in [-0.05, 0) is 73.9 Å². The van der Waals surface area contributed by atoms with Crippen LogP contribution in [0.2, 0.25) is 0 Å². The molecular formula is C26H36N2OS. The molecular weight excluding hydrogens is 388 g/mol. The average molecular weight is 425 g/mol. The van der Waals surface area contributed by atoms with Gasteiger partial charge in [-0.2, -0.15) is 0 Å². The summed E-state index contributed by atoms with van der Waals surface area (Å²) in [7, 11) is 0. The lowest BCUT2D eigenvalue weighted by Gasteiger charge is -2.40. The van der Waals surface area contributed by atoms with Crippen LogP contribution >= 0.6 is 11.3 Å². The standard InChI is InChI=1S/C26H36N2OS/c1-19-8-6-9-20(2)25(19)27-26(29)28(18-24-12-7-17-30-24)23-15-13-22(14-16-23)21-10-4-3-5-11-21/h6-9,12,17,21-23H,3-5,10-11,13-16,18H2,1-2H3,(H,27,29). The molecule has 162 valence electrons. The number of nitrogens with zero attached hydrogens (tertiary/aromatic N) is 1. The molecule has 2 amide bonds. The van der Waals surface area contributed by atoms with Crippen molar-refractivity contribution in [3.63, 3.8) is 0 Å². The highest BCUT2D eigenvalue weighted by molar-refractivity contribution is 7.09. The van der Waals surface area contributed by atoms with Crippen LogP contribution in [0.5, 0.6) is 0 Å². The maximum Gasteiger partial charge on any atom is 0.322 e. The van der Waals surface area contributed by atoms with Crippen LogP contribution in [0.1, 0.15) is 73.8 Å². The van der Waals surface area contributed by atoms with E-state index in [0.717, 1.165) is 41.5 Å². The Morgan fingerprint density at radius 1 is 0.933 bits per heavy atom.